The first kappa shape index (κ1) is 8.47. The lowest BCUT2D eigenvalue weighted by Gasteiger charge is -2.07. The minimum Gasteiger partial charge on any atom is -0.399 e. The van der Waals surface area contributed by atoms with Crippen molar-refractivity contribution in [3.63, 3.8) is 0 Å². The first-order chi connectivity index (χ1) is 5.56. The van der Waals surface area contributed by atoms with Crippen LogP contribution in [0.2, 0.25) is 0 Å². The number of halogens is 2. The van der Waals surface area contributed by atoms with Gasteiger partial charge in [-0.05, 0) is 12.1 Å². The van der Waals surface area contributed by atoms with Crippen LogP contribution < -0.4 is 5.73 Å². The Kier molecular flexibility index (Phi) is 1.96. The molecule has 0 bridgehead atoms. The molecule has 0 aliphatic carbocycles. The van der Waals surface area contributed by atoms with E-state index in [1.807, 2.05) is 0 Å². The van der Waals surface area contributed by atoms with Crippen LogP contribution in [0.5, 0.6) is 0 Å². The van der Waals surface area contributed by atoms with Gasteiger partial charge in [0.2, 0.25) is 0 Å². The maximum atomic E-state index is 12.6. The third-order valence-electron chi connectivity index (χ3n) is 1.39. The zero-order valence-electron chi connectivity index (χ0n) is 6.09. The molecule has 4 heteroatoms. The average molecular weight is 168 g/mol. The number of nitrogen functional groups attached to an aromatic ring is 1. The van der Waals surface area contributed by atoms with E-state index in [1.54, 1.807) is 0 Å². The Morgan fingerprint density at radius 1 is 1.42 bits per heavy atom. The molecule has 0 aliphatic rings. The lowest BCUT2D eigenvalue weighted by molar-refractivity contribution is 0.0613. The smallest absolute Gasteiger partial charge is 0.357 e. The van der Waals surface area contributed by atoms with E-state index in [4.69, 9.17) is 11.0 Å². The number of rotatable bonds is 1. The second kappa shape index (κ2) is 2.78. The summed E-state index contributed by atoms with van der Waals surface area (Å²) in [6.07, 6.45) is 0. The Morgan fingerprint density at radius 3 is 2.58 bits per heavy atom. The summed E-state index contributed by atoms with van der Waals surface area (Å²) in [5, 5.41) is 8.10. The summed E-state index contributed by atoms with van der Waals surface area (Å²) >= 11 is 0. The molecule has 1 rings (SSSR count). The number of nitrogens with two attached hydrogens (primary N) is 1. The van der Waals surface area contributed by atoms with Crippen molar-refractivity contribution in [3.8, 4) is 6.07 Å². The summed E-state index contributed by atoms with van der Waals surface area (Å²) in [5.74, 6) is -3.45. The van der Waals surface area contributed by atoms with Crippen molar-refractivity contribution in [2.24, 2.45) is 0 Å². The Hall–Kier alpha value is -1.63. The first-order valence-electron chi connectivity index (χ1n) is 3.21. The molecule has 1 aromatic rings. The minimum absolute atomic E-state index is 0.224. The maximum Gasteiger partial charge on any atom is 0.357 e. The van der Waals surface area contributed by atoms with Crippen molar-refractivity contribution in [2.45, 2.75) is 5.92 Å². The molecular weight excluding hydrogens is 162 g/mol. The molecule has 0 saturated carbocycles. The van der Waals surface area contributed by atoms with Gasteiger partial charge in [0.1, 0.15) is 6.07 Å². The van der Waals surface area contributed by atoms with Crippen LogP contribution in [0.3, 0.4) is 0 Å². The minimum atomic E-state index is -3.45. The van der Waals surface area contributed by atoms with Gasteiger partial charge in [0.25, 0.3) is 0 Å². The largest absolute Gasteiger partial charge is 0.399 e. The van der Waals surface area contributed by atoms with Gasteiger partial charge in [0.05, 0.1) is 0 Å². The fourth-order valence-corrected chi connectivity index (χ4v) is 0.799. The van der Waals surface area contributed by atoms with E-state index in [2.05, 4.69) is 0 Å². The normalized spacial score (nSPS) is 10.8. The fraction of sp³-hybridized carbons (Fsp3) is 0.125. The number of nitriles is 1. The number of nitrogens with zero attached hydrogens (tertiary/aromatic N) is 1. The Labute approximate surface area is 68.2 Å². The van der Waals surface area contributed by atoms with Gasteiger partial charge in [0.15, 0.2) is 0 Å². The highest BCUT2D eigenvalue weighted by Crippen LogP contribution is 2.27. The summed E-state index contributed by atoms with van der Waals surface area (Å²) in [5.41, 5.74) is 5.12. The summed E-state index contributed by atoms with van der Waals surface area (Å²) in [4.78, 5) is 0. The molecule has 0 unspecified atom stereocenters. The van der Waals surface area contributed by atoms with Crippen molar-refractivity contribution in [2.75, 3.05) is 5.73 Å². The fourth-order valence-electron chi connectivity index (χ4n) is 0.799. The molecule has 62 valence electrons. The number of hydrogen-bond donors (Lipinski definition) is 1. The van der Waals surface area contributed by atoms with Crippen molar-refractivity contribution in [1.82, 2.24) is 0 Å². The maximum absolute atomic E-state index is 12.6. The molecule has 0 aliphatic heterocycles. The van der Waals surface area contributed by atoms with Gasteiger partial charge < -0.3 is 5.73 Å². The van der Waals surface area contributed by atoms with Gasteiger partial charge in [0, 0.05) is 11.3 Å². The van der Waals surface area contributed by atoms with E-state index in [-0.39, 0.29) is 11.3 Å². The number of hydrogen-bond acceptors (Lipinski definition) is 2. The highest BCUT2D eigenvalue weighted by molar-refractivity contribution is 5.43. The number of benzene rings is 1. The van der Waals surface area contributed by atoms with Crippen molar-refractivity contribution < 1.29 is 8.78 Å². The Balaban J connectivity index is 3.14. The van der Waals surface area contributed by atoms with Crippen molar-refractivity contribution in [3.05, 3.63) is 29.8 Å². The van der Waals surface area contributed by atoms with E-state index >= 15 is 0 Å². The Morgan fingerprint density at radius 2 is 2.08 bits per heavy atom. The number of alkyl halides is 2. The van der Waals surface area contributed by atoms with E-state index in [0.717, 1.165) is 12.1 Å². The van der Waals surface area contributed by atoms with Crippen LogP contribution in [0, 0.1) is 11.3 Å². The molecule has 12 heavy (non-hydrogen) atoms. The lowest BCUT2D eigenvalue weighted by Crippen LogP contribution is -2.09. The summed E-state index contributed by atoms with van der Waals surface area (Å²) < 4.78 is 25.3. The predicted octanol–water partition coefficient (Wildman–Crippen LogP) is 1.88. The SMILES string of the molecule is N#CC(F)(F)c1cccc(N)c1. The van der Waals surface area contributed by atoms with Crippen molar-refractivity contribution >= 4 is 5.69 Å². The van der Waals surface area contributed by atoms with E-state index in [0.29, 0.717) is 0 Å². The van der Waals surface area contributed by atoms with Crippen LogP contribution in [0.15, 0.2) is 24.3 Å². The highest BCUT2D eigenvalue weighted by Gasteiger charge is 2.30. The molecule has 2 nitrogen and oxygen atoms in total. The van der Waals surface area contributed by atoms with E-state index < -0.39 is 5.92 Å². The van der Waals surface area contributed by atoms with Gasteiger partial charge in [-0.1, -0.05) is 12.1 Å². The quantitative estimate of drug-likeness (QED) is 0.651. The number of anilines is 1. The summed E-state index contributed by atoms with van der Waals surface area (Å²) in [6, 6.07) is 6.02. The zero-order valence-corrected chi connectivity index (χ0v) is 6.09. The van der Waals surface area contributed by atoms with Crippen LogP contribution in [0.25, 0.3) is 0 Å². The highest BCUT2D eigenvalue weighted by atomic mass is 19.3. The molecule has 1 aromatic carbocycles. The van der Waals surface area contributed by atoms with Crippen LogP contribution in [0.1, 0.15) is 5.56 Å². The summed E-state index contributed by atoms with van der Waals surface area (Å²) in [6.45, 7) is 0. The van der Waals surface area contributed by atoms with Crippen LogP contribution in [-0.2, 0) is 5.92 Å². The molecule has 0 heterocycles. The first-order valence-corrected chi connectivity index (χ1v) is 3.21. The predicted molar refractivity (Wildman–Crippen MR) is 40.4 cm³/mol. The molecule has 0 radical (unpaired) electrons. The van der Waals surface area contributed by atoms with Crippen LogP contribution >= 0.6 is 0 Å². The van der Waals surface area contributed by atoms with Crippen molar-refractivity contribution in [1.29, 1.82) is 5.26 Å². The van der Waals surface area contributed by atoms with Crippen LogP contribution in [0.4, 0.5) is 14.5 Å². The molecule has 0 aromatic heterocycles. The molecule has 2 N–H and O–H groups in total. The summed E-state index contributed by atoms with van der Waals surface area (Å²) in [7, 11) is 0. The van der Waals surface area contributed by atoms with Gasteiger partial charge in [-0.15, -0.1) is 0 Å². The van der Waals surface area contributed by atoms with Crippen LogP contribution in [-0.4, -0.2) is 0 Å². The van der Waals surface area contributed by atoms with Gasteiger partial charge in [-0.3, -0.25) is 0 Å². The monoisotopic (exact) mass is 168 g/mol. The molecule has 0 amide bonds. The average Bonchev–Trinajstić information content (AvgIpc) is 2.05. The second-order valence-corrected chi connectivity index (χ2v) is 2.31. The lowest BCUT2D eigenvalue weighted by atomic mass is 10.1. The second-order valence-electron chi connectivity index (χ2n) is 2.31. The Bertz CT molecular complexity index is 328. The molecule has 0 fully saturated rings. The molecular formula is C8H6F2N2. The molecule has 0 saturated heterocycles. The van der Waals surface area contributed by atoms with E-state index in [9.17, 15) is 8.78 Å². The van der Waals surface area contributed by atoms with Gasteiger partial charge >= 0.3 is 5.92 Å². The zero-order chi connectivity index (χ0) is 9.19. The van der Waals surface area contributed by atoms with Gasteiger partial charge in [-0.2, -0.15) is 14.0 Å². The van der Waals surface area contributed by atoms with E-state index in [1.165, 1.54) is 18.2 Å². The standard InChI is InChI=1S/C8H6F2N2/c9-8(10,5-11)6-2-1-3-7(12)4-6/h1-4H,12H2. The third kappa shape index (κ3) is 1.51. The molecule has 0 atom stereocenters. The topological polar surface area (TPSA) is 49.8 Å². The third-order valence-corrected chi connectivity index (χ3v) is 1.39. The molecule has 0 spiro atoms. The van der Waals surface area contributed by atoms with Gasteiger partial charge in [-0.25, -0.2) is 0 Å².